The van der Waals surface area contributed by atoms with Gasteiger partial charge in [-0.25, -0.2) is 0 Å². The Balaban J connectivity index is 1.13. The normalized spacial score (nSPS) is 27.4. The Morgan fingerprint density at radius 3 is 2.80 bits per heavy atom. The zero-order valence-electron chi connectivity index (χ0n) is 22.3. The second kappa shape index (κ2) is 11.2. The van der Waals surface area contributed by atoms with E-state index in [9.17, 15) is 22.8 Å². The van der Waals surface area contributed by atoms with Gasteiger partial charge in [0.25, 0.3) is 5.91 Å². The molecule has 0 spiro atoms. The fourth-order valence-electron chi connectivity index (χ4n) is 6.50. The van der Waals surface area contributed by atoms with Crippen molar-refractivity contribution in [2.24, 2.45) is 0 Å². The Labute approximate surface area is 230 Å². The van der Waals surface area contributed by atoms with Crippen LogP contribution in [-0.2, 0) is 33.3 Å². The van der Waals surface area contributed by atoms with E-state index in [1.807, 2.05) is 6.07 Å². The summed E-state index contributed by atoms with van der Waals surface area (Å²) in [7, 11) is 0. The van der Waals surface area contributed by atoms with Gasteiger partial charge in [-0.1, -0.05) is 6.07 Å². The van der Waals surface area contributed by atoms with Crippen molar-refractivity contribution in [2.45, 2.75) is 69.0 Å². The summed E-state index contributed by atoms with van der Waals surface area (Å²) in [4.78, 5) is 30.0. The molecule has 4 heterocycles. The molecule has 2 aromatic rings. The predicted molar refractivity (Wildman–Crippen MR) is 138 cm³/mol. The van der Waals surface area contributed by atoms with Gasteiger partial charge < -0.3 is 24.1 Å². The van der Waals surface area contributed by atoms with Crippen LogP contribution in [0, 0.1) is 0 Å². The molecule has 0 saturated carbocycles. The number of carbonyl (C=O) groups is 2. The number of hydrogen-bond acceptors (Lipinski definition) is 6. The Morgan fingerprint density at radius 2 is 1.95 bits per heavy atom. The molecule has 1 aromatic heterocycles. The molecule has 0 bridgehead atoms. The summed E-state index contributed by atoms with van der Waals surface area (Å²) in [6.07, 6.45) is 1.72. The second-order valence-corrected chi connectivity index (χ2v) is 11.2. The molecule has 1 aliphatic carbocycles. The molecule has 1 aromatic carbocycles. The number of carbonyl (C=O) groups excluding carboxylic acids is 2. The van der Waals surface area contributed by atoms with E-state index in [1.54, 1.807) is 6.26 Å². The minimum Gasteiger partial charge on any atom is -0.466 e. The van der Waals surface area contributed by atoms with Crippen molar-refractivity contribution in [2.75, 3.05) is 39.4 Å². The highest BCUT2D eigenvalue weighted by atomic mass is 19.4. The van der Waals surface area contributed by atoms with Crippen LogP contribution in [0.3, 0.4) is 0 Å². The first-order valence-electron chi connectivity index (χ1n) is 14.1. The van der Waals surface area contributed by atoms with Crippen LogP contribution in [0.2, 0.25) is 0 Å². The molecule has 40 heavy (non-hydrogen) atoms. The molecule has 1 N–H and O–H groups in total. The standard InChI is InChI=1S/C29H34F3N3O5/c30-29(31,32)20-5-3-18-7-10-34(28(37)22(18)14-20)17-26(36)33-23-15-35(21-2-1-11-38-12-9-21)16-25(23)40-24-6-4-19-8-13-39-27(19)24/h3,5,8,13-14,21,23-25H,1-2,4,6-7,9-12,15-17H2,(H,33,36)/t21?,23?,24?,25-/m0/s1. The average Bonchev–Trinajstić information content (AvgIpc) is 3.58. The number of nitrogens with one attached hydrogen (secondary N) is 1. The van der Waals surface area contributed by atoms with Gasteiger partial charge in [0.2, 0.25) is 5.91 Å². The van der Waals surface area contributed by atoms with Gasteiger partial charge in [-0.3, -0.25) is 14.5 Å². The van der Waals surface area contributed by atoms with Crippen molar-refractivity contribution in [3.63, 3.8) is 0 Å². The third-order valence-electron chi connectivity index (χ3n) is 8.61. The number of nitrogens with zero attached hydrogens (tertiary/aromatic N) is 2. The number of fused-ring (bicyclic) bond motifs is 2. The smallest absolute Gasteiger partial charge is 0.416 e. The first kappa shape index (κ1) is 27.3. The van der Waals surface area contributed by atoms with Gasteiger partial charge in [0.05, 0.1) is 30.5 Å². The Kier molecular flexibility index (Phi) is 7.62. The molecule has 0 radical (unpaired) electrons. The van der Waals surface area contributed by atoms with E-state index in [0.717, 1.165) is 62.2 Å². The zero-order chi connectivity index (χ0) is 27.9. The van der Waals surface area contributed by atoms with E-state index in [2.05, 4.69) is 10.2 Å². The number of aryl methyl sites for hydroxylation is 1. The van der Waals surface area contributed by atoms with Crippen LogP contribution < -0.4 is 5.32 Å². The minimum atomic E-state index is -4.54. The maximum atomic E-state index is 13.2. The van der Waals surface area contributed by atoms with Crippen molar-refractivity contribution in [3.05, 3.63) is 58.5 Å². The molecule has 4 aliphatic rings. The summed E-state index contributed by atoms with van der Waals surface area (Å²) in [5.41, 5.74) is 0.857. The van der Waals surface area contributed by atoms with Crippen LogP contribution in [-0.4, -0.2) is 79.2 Å². The molecule has 4 atom stereocenters. The van der Waals surface area contributed by atoms with Gasteiger partial charge in [0, 0.05) is 44.5 Å². The van der Waals surface area contributed by atoms with Gasteiger partial charge in [-0.05, 0) is 67.9 Å². The lowest BCUT2D eigenvalue weighted by Crippen LogP contribution is -2.50. The molecule has 3 unspecified atom stereocenters. The summed E-state index contributed by atoms with van der Waals surface area (Å²) in [5.74, 6) is -0.0566. The molecule has 2 saturated heterocycles. The third-order valence-corrected chi connectivity index (χ3v) is 8.61. The van der Waals surface area contributed by atoms with Crippen LogP contribution in [0.5, 0.6) is 0 Å². The van der Waals surface area contributed by atoms with Crippen molar-refractivity contribution in [3.8, 4) is 0 Å². The molecule has 2 amide bonds. The summed E-state index contributed by atoms with van der Waals surface area (Å²) in [6, 6.07) is 5.25. The van der Waals surface area contributed by atoms with Gasteiger partial charge in [-0.2, -0.15) is 13.2 Å². The third kappa shape index (κ3) is 5.64. The number of halogens is 3. The fraction of sp³-hybridized carbons (Fsp3) is 0.586. The van der Waals surface area contributed by atoms with Gasteiger partial charge >= 0.3 is 6.18 Å². The highest BCUT2D eigenvalue weighted by molar-refractivity contribution is 5.99. The topological polar surface area (TPSA) is 84.3 Å². The number of furan rings is 1. The number of hydrogen-bond donors (Lipinski definition) is 1. The number of alkyl halides is 3. The SMILES string of the molecule is O=C(CN1CCc2ccc(C(F)(F)F)cc2C1=O)NC1CN(C2CCCOCC2)C[C@@H]1OC1CCc2ccoc21. The first-order chi connectivity index (χ1) is 19.3. The fourth-order valence-corrected chi connectivity index (χ4v) is 6.50. The van der Waals surface area contributed by atoms with Crippen LogP contribution in [0.1, 0.15) is 64.6 Å². The quantitative estimate of drug-likeness (QED) is 0.579. The van der Waals surface area contributed by atoms with E-state index in [4.69, 9.17) is 13.9 Å². The van der Waals surface area contributed by atoms with Gasteiger partial charge in [0.1, 0.15) is 11.9 Å². The Bertz CT molecular complexity index is 1240. The minimum absolute atomic E-state index is 0.00759. The summed E-state index contributed by atoms with van der Waals surface area (Å²) < 4.78 is 57.6. The van der Waals surface area contributed by atoms with Gasteiger partial charge in [0.15, 0.2) is 0 Å². The van der Waals surface area contributed by atoms with E-state index in [0.29, 0.717) is 37.7 Å². The summed E-state index contributed by atoms with van der Waals surface area (Å²) in [5, 5.41) is 3.09. The molecular formula is C29H34F3N3O5. The molecule has 6 rings (SSSR count). The number of ether oxygens (including phenoxy) is 2. The maximum Gasteiger partial charge on any atom is 0.416 e. The van der Waals surface area contributed by atoms with Crippen LogP contribution >= 0.6 is 0 Å². The predicted octanol–water partition coefficient (Wildman–Crippen LogP) is 3.74. The van der Waals surface area contributed by atoms with E-state index in [1.165, 1.54) is 11.0 Å². The van der Waals surface area contributed by atoms with Crippen LogP contribution in [0.4, 0.5) is 13.2 Å². The number of likely N-dealkylation sites (tertiary alicyclic amines) is 1. The van der Waals surface area contributed by atoms with Gasteiger partial charge in [-0.15, -0.1) is 0 Å². The van der Waals surface area contributed by atoms with Crippen LogP contribution in [0.15, 0.2) is 34.9 Å². The monoisotopic (exact) mass is 561 g/mol. The lowest BCUT2D eigenvalue weighted by Gasteiger charge is -2.30. The molecule has 8 nitrogen and oxygen atoms in total. The molecule has 11 heteroatoms. The average molecular weight is 562 g/mol. The highest BCUT2D eigenvalue weighted by Crippen LogP contribution is 2.37. The lowest BCUT2D eigenvalue weighted by atomic mass is 9.96. The lowest BCUT2D eigenvalue weighted by molar-refractivity contribution is -0.137. The highest BCUT2D eigenvalue weighted by Gasteiger charge is 2.41. The van der Waals surface area contributed by atoms with Crippen LogP contribution in [0.25, 0.3) is 0 Å². The second-order valence-electron chi connectivity index (χ2n) is 11.2. The maximum absolute atomic E-state index is 13.2. The van der Waals surface area contributed by atoms with Crippen molar-refractivity contribution in [1.29, 1.82) is 0 Å². The largest absolute Gasteiger partial charge is 0.466 e. The zero-order valence-corrected chi connectivity index (χ0v) is 22.3. The van der Waals surface area contributed by atoms with Crippen molar-refractivity contribution < 1.29 is 36.7 Å². The van der Waals surface area contributed by atoms with E-state index < -0.39 is 17.6 Å². The van der Waals surface area contributed by atoms with Crippen molar-refractivity contribution >= 4 is 11.8 Å². The Morgan fingerprint density at radius 1 is 1.07 bits per heavy atom. The van der Waals surface area contributed by atoms with E-state index >= 15 is 0 Å². The summed E-state index contributed by atoms with van der Waals surface area (Å²) >= 11 is 0. The molecule has 3 aliphatic heterocycles. The number of amides is 2. The summed E-state index contributed by atoms with van der Waals surface area (Å²) in [6.45, 7) is 2.79. The van der Waals surface area contributed by atoms with E-state index in [-0.39, 0.29) is 42.8 Å². The number of rotatable bonds is 6. The number of benzene rings is 1. The Hall–Kier alpha value is -2.89. The van der Waals surface area contributed by atoms with Crippen molar-refractivity contribution in [1.82, 2.24) is 15.1 Å². The molecular weight excluding hydrogens is 527 g/mol. The molecule has 216 valence electrons. The molecule has 2 fully saturated rings. The first-order valence-corrected chi connectivity index (χ1v) is 14.1.